The molecule has 0 atom stereocenters. The molecule has 3 heterocycles. The van der Waals surface area contributed by atoms with Crippen molar-refractivity contribution >= 4 is 21.2 Å². The first-order valence-corrected chi connectivity index (χ1v) is 9.09. The highest BCUT2D eigenvalue weighted by Crippen LogP contribution is 2.30. The molecule has 1 aliphatic heterocycles. The molecule has 0 spiro atoms. The number of hydrogen-bond donors (Lipinski definition) is 3. The number of H-pyrrole nitrogens is 1. The third kappa shape index (κ3) is 3.17. The van der Waals surface area contributed by atoms with E-state index in [1.807, 2.05) is 24.3 Å². The van der Waals surface area contributed by atoms with Gasteiger partial charge in [0.25, 0.3) is 10.2 Å². The fraction of sp³-hybridized carbons (Fsp3) is 0.125. The number of hydrogen-bond acceptors (Lipinski definition) is 5. The minimum absolute atomic E-state index is 0.198. The van der Waals surface area contributed by atoms with Gasteiger partial charge in [-0.25, -0.2) is 15.1 Å². The molecule has 4 rings (SSSR count). The van der Waals surface area contributed by atoms with Crippen molar-refractivity contribution in [2.75, 3.05) is 0 Å². The summed E-state index contributed by atoms with van der Waals surface area (Å²) in [7, 11) is -3.79. The summed E-state index contributed by atoms with van der Waals surface area (Å²) in [5.74, 6) is 0. The number of aromatic amines is 1. The lowest BCUT2D eigenvalue weighted by Crippen LogP contribution is -2.42. The Bertz CT molecular complexity index is 1140. The Morgan fingerprint density at radius 2 is 1.92 bits per heavy atom. The van der Waals surface area contributed by atoms with Gasteiger partial charge in [-0.1, -0.05) is 12.1 Å². The Hall–Kier alpha value is -2.59. The predicted octanol–water partition coefficient (Wildman–Crippen LogP) is 0.614. The van der Waals surface area contributed by atoms with Gasteiger partial charge in [0, 0.05) is 30.7 Å². The van der Waals surface area contributed by atoms with Gasteiger partial charge in [-0.2, -0.15) is 8.42 Å². The molecular formula is C16H15N5O3S. The van der Waals surface area contributed by atoms with E-state index in [-0.39, 0.29) is 5.56 Å². The van der Waals surface area contributed by atoms with Crippen LogP contribution in [-0.2, 0) is 23.3 Å². The largest absolute Gasteiger partial charge is 0.307 e. The second-order valence-electron chi connectivity index (χ2n) is 5.92. The van der Waals surface area contributed by atoms with Crippen LogP contribution in [0.2, 0.25) is 0 Å². The molecule has 0 amide bonds. The second-order valence-corrected chi connectivity index (χ2v) is 7.19. The van der Waals surface area contributed by atoms with E-state index in [2.05, 4.69) is 14.8 Å². The maximum atomic E-state index is 11.5. The highest BCUT2D eigenvalue weighted by Gasteiger charge is 2.22. The molecular weight excluding hydrogens is 342 g/mol. The third-order valence-electron chi connectivity index (χ3n) is 4.13. The quantitative estimate of drug-likeness (QED) is 0.634. The molecule has 9 heteroatoms. The summed E-state index contributed by atoms with van der Waals surface area (Å²) in [6.07, 6.45) is 1.65. The summed E-state index contributed by atoms with van der Waals surface area (Å²) in [6.45, 7) is 0.885. The second kappa shape index (κ2) is 5.74. The van der Waals surface area contributed by atoms with Crippen molar-refractivity contribution in [3.8, 4) is 11.1 Å². The molecule has 0 aliphatic carbocycles. The standard InChI is InChI=1S/C16H15N5O3S/c17-25(23,24)20-21-8-11-2-1-10(7-12(11)9-21)13-5-6-18-16-14(13)3-4-15(22)19-16/h1-7,20H,8-9H2,(H2,17,23,24)(H,18,19,22). The molecule has 1 aromatic carbocycles. The number of nitrogens with one attached hydrogen (secondary N) is 2. The van der Waals surface area contributed by atoms with E-state index in [1.165, 1.54) is 6.07 Å². The number of benzene rings is 1. The summed E-state index contributed by atoms with van der Waals surface area (Å²) >= 11 is 0. The molecule has 0 saturated heterocycles. The van der Waals surface area contributed by atoms with Crippen LogP contribution in [0.3, 0.4) is 0 Å². The van der Waals surface area contributed by atoms with Gasteiger partial charge in [-0.15, -0.1) is 4.83 Å². The van der Waals surface area contributed by atoms with Crippen molar-refractivity contribution in [1.29, 1.82) is 0 Å². The first-order chi connectivity index (χ1) is 11.9. The van der Waals surface area contributed by atoms with Crippen LogP contribution in [0.1, 0.15) is 11.1 Å². The number of rotatable bonds is 3. The van der Waals surface area contributed by atoms with Crippen LogP contribution in [0.4, 0.5) is 0 Å². The lowest BCUT2D eigenvalue weighted by molar-refractivity contribution is 0.248. The van der Waals surface area contributed by atoms with Gasteiger partial charge in [-0.05, 0) is 40.5 Å². The number of nitrogens with zero attached hydrogens (tertiary/aromatic N) is 2. The van der Waals surface area contributed by atoms with Crippen molar-refractivity contribution in [1.82, 2.24) is 19.8 Å². The fourth-order valence-electron chi connectivity index (χ4n) is 3.12. The van der Waals surface area contributed by atoms with E-state index in [1.54, 1.807) is 17.3 Å². The van der Waals surface area contributed by atoms with E-state index in [0.29, 0.717) is 18.7 Å². The van der Waals surface area contributed by atoms with E-state index in [0.717, 1.165) is 27.6 Å². The highest BCUT2D eigenvalue weighted by atomic mass is 32.2. The van der Waals surface area contributed by atoms with E-state index in [4.69, 9.17) is 5.14 Å². The lowest BCUT2D eigenvalue weighted by atomic mass is 9.99. The number of fused-ring (bicyclic) bond motifs is 2. The van der Waals surface area contributed by atoms with Crippen LogP contribution in [0.25, 0.3) is 22.2 Å². The summed E-state index contributed by atoms with van der Waals surface area (Å²) in [6, 6.07) is 11.1. The van der Waals surface area contributed by atoms with Crippen LogP contribution in [-0.4, -0.2) is 23.4 Å². The summed E-state index contributed by atoms with van der Waals surface area (Å²) in [5.41, 5.74) is 4.30. The van der Waals surface area contributed by atoms with Gasteiger partial charge >= 0.3 is 0 Å². The number of nitrogens with two attached hydrogens (primary N) is 1. The molecule has 0 bridgehead atoms. The van der Waals surface area contributed by atoms with Gasteiger partial charge in [0.2, 0.25) is 5.56 Å². The topological polar surface area (TPSA) is 121 Å². The molecule has 0 unspecified atom stereocenters. The maximum absolute atomic E-state index is 11.5. The lowest BCUT2D eigenvalue weighted by Gasteiger charge is -2.13. The molecule has 0 radical (unpaired) electrons. The molecule has 25 heavy (non-hydrogen) atoms. The van der Waals surface area contributed by atoms with Crippen LogP contribution >= 0.6 is 0 Å². The zero-order valence-electron chi connectivity index (χ0n) is 13.1. The SMILES string of the molecule is NS(=O)(=O)NN1Cc2ccc(-c3ccnc4[nH]c(=O)ccc34)cc2C1. The molecule has 1 aliphatic rings. The monoisotopic (exact) mass is 357 g/mol. The minimum Gasteiger partial charge on any atom is -0.307 e. The van der Waals surface area contributed by atoms with Gasteiger partial charge < -0.3 is 4.98 Å². The van der Waals surface area contributed by atoms with Crippen LogP contribution in [0.5, 0.6) is 0 Å². The van der Waals surface area contributed by atoms with Crippen molar-refractivity contribution < 1.29 is 8.42 Å². The Morgan fingerprint density at radius 3 is 2.72 bits per heavy atom. The van der Waals surface area contributed by atoms with Crippen LogP contribution in [0, 0.1) is 0 Å². The summed E-state index contributed by atoms with van der Waals surface area (Å²) in [4.78, 5) is 20.7. The normalized spacial score (nSPS) is 14.8. The predicted molar refractivity (Wildman–Crippen MR) is 93.3 cm³/mol. The molecule has 8 nitrogen and oxygen atoms in total. The fourth-order valence-corrected chi connectivity index (χ4v) is 3.61. The van der Waals surface area contributed by atoms with Gasteiger partial charge in [-0.3, -0.25) is 4.79 Å². The van der Waals surface area contributed by atoms with Gasteiger partial charge in [0.1, 0.15) is 5.65 Å². The Morgan fingerprint density at radius 1 is 1.12 bits per heavy atom. The van der Waals surface area contributed by atoms with E-state index < -0.39 is 10.2 Å². The minimum atomic E-state index is -3.79. The maximum Gasteiger partial charge on any atom is 0.287 e. The van der Waals surface area contributed by atoms with Crippen molar-refractivity contribution in [2.24, 2.45) is 5.14 Å². The van der Waals surface area contributed by atoms with E-state index in [9.17, 15) is 13.2 Å². The molecule has 3 aromatic rings. The number of aromatic nitrogens is 2. The Labute approximate surface area is 143 Å². The first kappa shape index (κ1) is 15.9. The summed E-state index contributed by atoms with van der Waals surface area (Å²) < 4.78 is 22.4. The van der Waals surface area contributed by atoms with Crippen molar-refractivity contribution in [3.05, 3.63) is 64.1 Å². The smallest absolute Gasteiger partial charge is 0.287 e. The average molecular weight is 357 g/mol. The number of hydrazine groups is 1. The van der Waals surface area contributed by atoms with Crippen LogP contribution in [0.15, 0.2) is 47.4 Å². The zero-order chi connectivity index (χ0) is 17.6. The van der Waals surface area contributed by atoms with E-state index >= 15 is 0 Å². The Balaban J connectivity index is 1.73. The molecule has 128 valence electrons. The average Bonchev–Trinajstić information content (AvgIpc) is 2.93. The molecule has 2 aromatic heterocycles. The molecule has 4 N–H and O–H groups in total. The van der Waals surface area contributed by atoms with Crippen molar-refractivity contribution in [3.63, 3.8) is 0 Å². The summed E-state index contributed by atoms with van der Waals surface area (Å²) in [5, 5.41) is 7.42. The Kier molecular flexibility index (Phi) is 3.65. The van der Waals surface area contributed by atoms with Gasteiger partial charge in [0.15, 0.2) is 0 Å². The zero-order valence-corrected chi connectivity index (χ0v) is 13.9. The van der Waals surface area contributed by atoms with Gasteiger partial charge in [0.05, 0.1) is 0 Å². The highest BCUT2D eigenvalue weighted by molar-refractivity contribution is 7.87. The first-order valence-electron chi connectivity index (χ1n) is 7.54. The van der Waals surface area contributed by atoms with Crippen molar-refractivity contribution in [2.45, 2.75) is 13.1 Å². The number of pyridine rings is 2. The molecule has 0 saturated carbocycles. The van der Waals surface area contributed by atoms with Crippen LogP contribution < -0.4 is 15.5 Å². The third-order valence-corrected chi connectivity index (χ3v) is 4.64. The molecule has 0 fully saturated rings.